The van der Waals surface area contributed by atoms with E-state index in [0.717, 1.165) is 30.1 Å². The highest BCUT2D eigenvalue weighted by Crippen LogP contribution is 2.35. The average Bonchev–Trinajstić information content (AvgIpc) is 3.21. The molecule has 1 heterocycles. The molecule has 0 saturated heterocycles. The summed E-state index contributed by atoms with van der Waals surface area (Å²) in [6.45, 7) is 2.93. The topological polar surface area (TPSA) is 46.9 Å². The number of hydrogen-bond acceptors (Lipinski definition) is 3. The van der Waals surface area contributed by atoms with Crippen molar-refractivity contribution in [2.24, 2.45) is 0 Å². The van der Waals surface area contributed by atoms with E-state index in [9.17, 15) is 4.79 Å². The van der Waals surface area contributed by atoms with Gasteiger partial charge >= 0.3 is 0 Å². The van der Waals surface area contributed by atoms with Crippen molar-refractivity contribution >= 4 is 17.7 Å². The number of amides is 1. The van der Waals surface area contributed by atoms with Gasteiger partial charge in [-0.25, -0.2) is 4.98 Å². The Hall–Kier alpha value is -1.75. The molecule has 4 nitrogen and oxygen atoms in total. The second-order valence-corrected chi connectivity index (χ2v) is 6.26. The summed E-state index contributed by atoms with van der Waals surface area (Å²) in [5, 5.41) is 3.74. The molecule has 1 atom stereocenters. The number of thioether (sulfide) groups is 1. The molecule has 1 N–H and O–H groups in total. The molecule has 0 aliphatic heterocycles. The molecule has 1 aromatic carbocycles. The summed E-state index contributed by atoms with van der Waals surface area (Å²) in [4.78, 5) is 16.9. The Morgan fingerprint density at radius 2 is 2.19 bits per heavy atom. The predicted octanol–water partition coefficient (Wildman–Crippen LogP) is 3.02. The highest BCUT2D eigenvalue weighted by Gasteiger charge is 2.29. The van der Waals surface area contributed by atoms with Crippen molar-refractivity contribution in [3.8, 4) is 0 Å². The van der Waals surface area contributed by atoms with Crippen LogP contribution >= 0.6 is 11.8 Å². The number of carbonyl (C=O) groups is 1. The van der Waals surface area contributed by atoms with Crippen molar-refractivity contribution in [2.45, 2.75) is 42.8 Å². The number of benzene rings is 1. The van der Waals surface area contributed by atoms with Crippen LogP contribution in [0.15, 0.2) is 47.9 Å². The lowest BCUT2D eigenvalue weighted by Gasteiger charge is -2.17. The number of aryl methyl sites for hydroxylation is 1. The third-order valence-corrected chi connectivity index (χ3v) is 4.78. The second kappa shape index (κ2) is 6.35. The van der Waals surface area contributed by atoms with Gasteiger partial charge in [-0.3, -0.25) is 4.79 Å². The Bertz CT molecular complexity index is 607. The number of imidazole rings is 1. The van der Waals surface area contributed by atoms with Crippen molar-refractivity contribution in [2.75, 3.05) is 0 Å². The number of carbonyl (C=O) groups excluding carboxylic acids is 1. The van der Waals surface area contributed by atoms with Crippen LogP contribution in [-0.4, -0.2) is 21.5 Å². The van der Waals surface area contributed by atoms with Crippen molar-refractivity contribution < 1.29 is 4.79 Å². The van der Waals surface area contributed by atoms with Gasteiger partial charge in [-0.15, -0.1) is 0 Å². The lowest BCUT2D eigenvalue weighted by atomic mass is 10.1. The molecule has 3 rings (SSSR count). The van der Waals surface area contributed by atoms with E-state index in [-0.39, 0.29) is 11.2 Å². The monoisotopic (exact) mass is 301 g/mol. The van der Waals surface area contributed by atoms with Crippen LogP contribution in [0.3, 0.4) is 0 Å². The molecule has 1 aliphatic carbocycles. The number of aromatic nitrogens is 2. The molecule has 1 saturated carbocycles. The quantitative estimate of drug-likeness (QED) is 0.834. The van der Waals surface area contributed by atoms with Crippen molar-refractivity contribution in [1.29, 1.82) is 0 Å². The van der Waals surface area contributed by atoms with Crippen LogP contribution in [0.1, 0.15) is 30.6 Å². The second-order valence-electron chi connectivity index (χ2n) is 5.19. The van der Waals surface area contributed by atoms with E-state index in [4.69, 9.17) is 0 Å². The SMILES string of the molecule is CCn1ccnc1SC(C(=O)NC1CC1)c1ccccc1. The average molecular weight is 301 g/mol. The molecular formula is C16H19N3OS. The molecule has 0 spiro atoms. The fraction of sp³-hybridized carbons (Fsp3) is 0.375. The van der Waals surface area contributed by atoms with Gasteiger partial charge in [-0.2, -0.15) is 0 Å². The Morgan fingerprint density at radius 1 is 1.43 bits per heavy atom. The van der Waals surface area contributed by atoms with E-state index in [1.54, 1.807) is 6.20 Å². The summed E-state index contributed by atoms with van der Waals surface area (Å²) < 4.78 is 2.06. The molecule has 0 bridgehead atoms. The van der Waals surface area contributed by atoms with Gasteiger partial charge in [0.25, 0.3) is 0 Å². The minimum absolute atomic E-state index is 0.0827. The normalized spacial score (nSPS) is 15.7. The number of nitrogens with zero attached hydrogens (tertiary/aromatic N) is 2. The summed E-state index contributed by atoms with van der Waals surface area (Å²) in [5.41, 5.74) is 1.02. The molecule has 2 aromatic rings. The van der Waals surface area contributed by atoms with E-state index >= 15 is 0 Å². The Labute approximate surface area is 129 Å². The Kier molecular flexibility index (Phi) is 4.29. The molecular weight excluding hydrogens is 282 g/mol. The fourth-order valence-corrected chi connectivity index (χ4v) is 3.29. The lowest BCUT2D eigenvalue weighted by molar-refractivity contribution is -0.120. The largest absolute Gasteiger partial charge is 0.352 e. The van der Waals surface area contributed by atoms with Crippen LogP contribution in [-0.2, 0) is 11.3 Å². The maximum atomic E-state index is 12.6. The minimum atomic E-state index is -0.250. The summed E-state index contributed by atoms with van der Waals surface area (Å²) in [6, 6.07) is 10.3. The zero-order valence-electron chi connectivity index (χ0n) is 12.0. The summed E-state index contributed by atoms with van der Waals surface area (Å²) in [7, 11) is 0. The third kappa shape index (κ3) is 3.47. The zero-order valence-corrected chi connectivity index (χ0v) is 12.8. The molecule has 5 heteroatoms. The summed E-state index contributed by atoms with van der Waals surface area (Å²) >= 11 is 1.52. The van der Waals surface area contributed by atoms with Gasteiger partial charge in [0.2, 0.25) is 5.91 Å². The van der Waals surface area contributed by atoms with Crippen LogP contribution in [0.4, 0.5) is 0 Å². The zero-order chi connectivity index (χ0) is 14.7. The molecule has 1 aliphatic rings. The van der Waals surface area contributed by atoms with E-state index in [1.807, 2.05) is 36.5 Å². The fourth-order valence-electron chi connectivity index (χ4n) is 2.17. The summed E-state index contributed by atoms with van der Waals surface area (Å²) in [5.74, 6) is 0.0827. The predicted molar refractivity (Wildman–Crippen MR) is 84.1 cm³/mol. The molecule has 1 amide bonds. The molecule has 1 unspecified atom stereocenters. The van der Waals surface area contributed by atoms with Gasteiger partial charge < -0.3 is 9.88 Å². The molecule has 1 aromatic heterocycles. The molecule has 21 heavy (non-hydrogen) atoms. The lowest BCUT2D eigenvalue weighted by Crippen LogP contribution is -2.29. The maximum Gasteiger partial charge on any atom is 0.238 e. The van der Waals surface area contributed by atoms with Gasteiger partial charge in [0.1, 0.15) is 5.25 Å². The molecule has 0 radical (unpaired) electrons. The van der Waals surface area contributed by atoms with Gasteiger partial charge in [0.15, 0.2) is 5.16 Å². The highest BCUT2D eigenvalue weighted by molar-refractivity contribution is 8.00. The van der Waals surface area contributed by atoms with E-state index in [2.05, 4.69) is 21.8 Å². The third-order valence-electron chi connectivity index (χ3n) is 3.51. The first-order chi connectivity index (χ1) is 10.3. The van der Waals surface area contributed by atoms with Crippen molar-refractivity contribution in [3.05, 3.63) is 48.3 Å². The van der Waals surface area contributed by atoms with Gasteiger partial charge in [-0.1, -0.05) is 42.1 Å². The van der Waals surface area contributed by atoms with Crippen LogP contribution in [0.2, 0.25) is 0 Å². The minimum Gasteiger partial charge on any atom is -0.352 e. The standard InChI is InChI=1S/C16H19N3OS/c1-2-19-11-10-17-16(19)21-14(12-6-4-3-5-7-12)15(20)18-13-8-9-13/h3-7,10-11,13-14H,2,8-9H2,1H3,(H,18,20). The van der Waals surface area contributed by atoms with Crippen LogP contribution in [0.5, 0.6) is 0 Å². The first-order valence-electron chi connectivity index (χ1n) is 7.31. The number of nitrogens with one attached hydrogen (secondary N) is 1. The van der Waals surface area contributed by atoms with Gasteiger partial charge in [0.05, 0.1) is 0 Å². The molecule has 1 fully saturated rings. The Balaban J connectivity index is 1.83. The van der Waals surface area contributed by atoms with Crippen molar-refractivity contribution in [1.82, 2.24) is 14.9 Å². The van der Waals surface area contributed by atoms with Crippen molar-refractivity contribution in [3.63, 3.8) is 0 Å². The number of hydrogen-bond donors (Lipinski definition) is 1. The van der Waals surface area contributed by atoms with Gasteiger partial charge in [0, 0.05) is 25.0 Å². The first-order valence-corrected chi connectivity index (χ1v) is 8.19. The maximum absolute atomic E-state index is 12.6. The summed E-state index contributed by atoms with van der Waals surface area (Å²) in [6.07, 6.45) is 5.93. The van der Waals surface area contributed by atoms with E-state index in [1.165, 1.54) is 11.8 Å². The Morgan fingerprint density at radius 3 is 2.86 bits per heavy atom. The van der Waals surface area contributed by atoms with E-state index < -0.39 is 0 Å². The first kappa shape index (κ1) is 14.2. The van der Waals surface area contributed by atoms with Crippen LogP contribution in [0.25, 0.3) is 0 Å². The number of rotatable bonds is 6. The highest BCUT2D eigenvalue weighted by atomic mass is 32.2. The smallest absolute Gasteiger partial charge is 0.238 e. The molecule has 110 valence electrons. The van der Waals surface area contributed by atoms with E-state index in [0.29, 0.717) is 6.04 Å². The van der Waals surface area contributed by atoms with Crippen LogP contribution in [0, 0.1) is 0 Å². The van der Waals surface area contributed by atoms with Crippen LogP contribution < -0.4 is 5.32 Å². The van der Waals surface area contributed by atoms with Gasteiger partial charge in [-0.05, 0) is 25.3 Å².